The first-order valence-corrected chi connectivity index (χ1v) is 9.68. The standard InChI is InChI=1S/C21H28N2O4/c1-13(2)14(3)23(16-7-8-16)19(24)15-6-9-17-18(12-15)21(26)22(20(17)25)10-5-11-27-4/h6,9,12-14,16H,5,7-8,10-11H2,1-4H3. The summed E-state index contributed by atoms with van der Waals surface area (Å²) < 4.78 is 5.00. The van der Waals surface area contributed by atoms with Crippen molar-refractivity contribution >= 4 is 17.7 Å². The predicted octanol–water partition coefficient (Wildman–Crippen LogP) is 2.97. The number of ether oxygens (including phenoxy) is 1. The molecule has 1 saturated carbocycles. The van der Waals surface area contributed by atoms with Crippen LogP contribution in [0.1, 0.15) is 71.1 Å². The Morgan fingerprint density at radius 2 is 1.85 bits per heavy atom. The van der Waals surface area contributed by atoms with Gasteiger partial charge in [0, 0.05) is 37.9 Å². The number of hydrogen-bond acceptors (Lipinski definition) is 4. The Kier molecular flexibility index (Phi) is 5.65. The van der Waals surface area contributed by atoms with E-state index >= 15 is 0 Å². The number of fused-ring (bicyclic) bond motifs is 1. The minimum Gasteiger partial charge on any atom is -0.385 e. The van der Waals surface area contributed by atoms with Gasteiger partial charge in [-0.05, 0) is 50.3 Å². The van der Waals surface area contributed by atoms with Gasteiger partial charge in [0.05, 0.1) is 11.1 Å². The van der Waals surface area contributed by atoms with Crippen LogP contribution in [-0.2, 0) is 4.74 Å². The number of carbonyl (C=O) groups excluding carboxylic acids is 3. The van der Waals surface area contributed by atoms with Gasteiger partial charge in [-0.1, -0.05) is 13.8 Å². The molecule has 1 aliphatic carbocycles. The van der Waals surface area contributed by atoms with E-state index in [0.29, 0.717) is 42.2 Å². The van der Waals surface area contributed by atoms with Crippen molar-refractivity contribution in [3.05, 3.63) is 34.9 Å². The quantitative estimate of drug-likeness (QED) is 0.520. The Hall–Kier alpha value is -2.21. The molecule has 0 aromatic heterocycles. The van der Waals surface area contributed by atoms with Gasteiger partial charge in [-0.2, -0.15) is 0 Å². The topological polar surface area (TPSA) is 66.9 Å². The van der Waals surface area contributed by atoms with Crippen LogP contribution in [-0.4, -0.2) is 59.9 Å². The maximum atomic E-state index is 13.2. The summed E-state index contributed by atoms with van der Waals surface area (Å²) in [4.78, 5) is 41.5. The lowest BCUT2D eigenvalue weighted by atomic mass is 10.0. The number of nitrogens with zero attached hydrogens (tertiary/aromatic N) is 2. The first-order chi connectivity index (χ1) is 12.9. The lowest BCUT2D eigenvalue weighted by Gasteiger charge is -2.32. The van der Waals surface area contributed by atoms with E-state index in [-0.39, 0.29) is 29.8 Å². The van der Waals surface area contributed by atoms with Crippen LogP contribution in [0.3, 0.4) is 0 Å². The van der Waals surface area contributed by atoms with E-state index in [9.17, 15) is 14.4 Å². The highest BCUT2D eigenvalue weighted by Crippen LogP contribution is 2.33. The summed E-state index contributed by atoms with van der Waals surface area (Å²) in [6, 6.07) is 5.29. The molecule has 1 aromatic rings. The molecule has 6 nitrogen and oxygen atoms in total. The summed E-state index contributed by atoms with van der Waals surface area (Å²) >= 11 is 0. The van der Waals surface area contributed by atoms with Crippen LogP contribution < -0.4 is 0 Å². The zero-order valence-electron chi connectivity index (χ0n) is 16.5. The van der Waals surface area contributed by atoms with Crippen LogP contribution in [0.2, 0.25) is 0 Å². The first kappa shape index (κ1) is 19.5. The largest absolute Gasteiger partial charge is 0.385 e. The molecule has 0 spiro atoms. The first-order valence-electron chi connectivity index (χ1n) is 9.68. The zero-order valence-corrected chi connectivity index (χ0v) is 16.5. The normalized spacial score (nSPS) is 17.4. The second-order valence-electron chi connectivity index (χ2n) is 7.80. The molecule has 3 rings (SSSR count). The summed E-state index contributed by atoms with van der Waals surface area (Å²) in [5, 5.41) is 0. The van der Waals surface area contributed by atoms with E-state index in [1.807, 2.05) is 4.90 Å². The highest BCUT2D eigenvalue weighted by atomic mass is 16.5. The van der Waals surface area contributed by atoms with Crippen LogP contribution in [0.15, 0.2) is 18.2 Å². The Morgan fingerprint density at radius 3 is 2.44 bits per heavy atom. The van der Waals surface area contributed by atoms with Crippen LogP contribution in [0.4, 0.5) is 0 Å². The number of amides is 3. The van der Waals surface area contributed by atoms with Crippen molar-refractivity contribution in [2.24, 2.45) is 5.92 Å². The number of benzene rings is 1. The Labute approximate surface area is 160 Å². The number of carbonyl (C=O) groups is 3. The maximum absolute atomic E-state index is 13.2. The highest BCUT2D eigenvalue weighted by molar-refractivity contribution is 6.22. The number of hydrogen-bond donors (Lipinski definition) is 0. The van der Waals surface area contributed by atoms with Crippen molar-refractivity contribution in [1.82, 2.24) is 9.80 Å². The smallest absolute Gasteiger partial charge is 0.261 e. The third-order valence-electron chi connectivity index (χ3n) is 5.53. The Balaban J connectivity index is 1.84. The molecular formula is C21H28N2O4. The number of methoxy groups -OCH3 is 1. The van der Waals surface area contributed by atoms with Crippen molar-refractivity contribution in [2.75, 3.05) is 20.3 Å². The molecule has 3 amide bonds. The molecular weight excluding hydrogens is 344 g/mol. The van der Waals surface area contributed by atoms with Crippen LogP contribution in [0.5, 0.6) is 0 Å². The van der Waals surface area contributed by atoms with Gasteiger partial charge in [-0.25, -0.2) is 0 Å². The van der Waals surface area contributed by atoms with E-state index in [2.05, 4.69) is 20.8 Å². The molecule has 1 aromatic carbocycles. The molecule has 146 valence electrons. The van der Waals surface area contributed by atoms with Crippen LogP contribution >= 0.6 is 0 Å². The number of rotatable bonds is 8. The molecule has 0 saturated heterocycles. The Morgan fingerprint density at radius 1 is 1.19 bits per heavy atom. The van der Waals surface area contributed by atoms with E-state index < -0.39 is 0 Å². The minimum absolute atomic E-state index is 0.0559. The van der Waals surface area contributed by atoms with Crippen molar-refractivity contribution < 1.29 is 19.1 Å². The molecule has 27 heavy (non-hydrogen) atoms. The molecule has 2 aliphatic rings. The average Bonchev–Trinajstić information content (AvgIpc) is 3.45. The lowest BCUT2D eigenvalue weighted by molar-refractivity contribution is 0.0624. The molecule has 0 N–H and O–H groups in total. The van der Waals surface area contributed by atoms with Gasteiger partial charge in [-0.15, -0.1) is 0 Å². The van der Waals surface area contributed by atoms with Gasteiger partial charge in [0.25, 0.3) is 17.7 Å². The average molecular weight is 372 g/mol. The second kappa shape index (κ2) is 7.80. The Bertz CT molecular complexity index is 755. The van der Waals surface area contributed by atoms with Crippen molar-refractivity contribution in [3.8, 4) is 0 Å². The molecule has 1 aliphatic heterocycles. The van der Waals surface area contributed by atoms with Gasteiger partial charge in [-0.3, -0.25) is 19.3 Å². The molecule has 1 fully saturated rings. The van der Waals surface area contributed by atoms with E-state index in [1.54, 1.807) is 25.3 Å². The fraction of sp³-hybridized carbons (Fsp3) is 0.571. The fourth-order valence-corrected chi connectivity index (χ4v) is 3.50. The molecule has 1 heterocycles. The van der Waals surface area contributed by atoms with Gasteiger partial charge in [0.1, 0.15) is 0 Å². The van der Waals surface area contributed by atoms with Gasteiger partial charge in [0.15, 0.2) is 0 Å². The van der Waals surface area contributed by atoms with Crippen LogP contribution in [0.25, 0.3) is 0 Å². The van der Waals surface area contributed by atoms with Gasteiger partial charge >= 0.3 is 0 Å². The van der Waals surface area contributed by atoms with E-state index in [0.717, 1.165) is 12.8 Å². The highest BCUT2D eigenvalue weighted by Gasteiger charge is 2.39. The summed E-state index contributed by atoms with van der Waals surface area (Å²) in [5.74, 6) is -0.321. The SMILES string of the molecule is COCCCN1C(=O)c2ccc(C(=O)N(C3CC3)C(C)C(C)C)cc2C1=O. The molecule has 0 radical (unpaired) electrons. The fourth-order valence-electron chi connectivity index (χ4n) is 3.50. The van der Waals surface area contributed by atoms with Crippen molar-refractivity contribution in [3.63, 3.8) is 0 Å². The minimum atomic E-state index is -0.323. The molecule has 6 heteroatoms. The predicted molar refractivity (Wildman–Crippen MR) is 102 cm³/mol. The summed E-state index contributed by atoms with van der Waals surface area (Å²) in [6.45, 7) is 7.09. The van der Waals surface area contributed by atoms with Gasteiger partial charge < -0.3 is 9.64 Å². The maximum Gasteiger partial charge on any atom is 0.261 e. The van der Waals surface area contributed by atoms with Crippen molar-refractivity contribution in [2.45, 2.75) is 52.1 Å². The molecule has 0 bridgehead atoms. The van der Waals surface area contributed by atoms with Crippen LogP contribution in [0, 0.1) is 5.92 Å². The third kappa shape index (κ3) is 3.76. The van der Waals surface area contributed by atoms with E-state index in [4.69, 9.17) is 4.74 Å². The van der Waals surface area contributed by atoms with Gasteiger partial charge in [0.2, 0.25) is 0 Å². The number of imide groups is 1. The third-order valence-corrected chi connectivity index (χ3v) is 5.53. The monoisotopic (exact) mass is 372 g/mol. The summed E-state index contributed by atoms with van der Waals surface area (Å²) in [5.41, 5.74) is 1.19. The lowest BCUT2D eigenvalue weighted by Crippen LogP contribution is -2.43. The second-order valence-corrected chi connectivity index (χ2v) is 7.80. The molecule has 1 unspecified atom stereocenters. The van der Waals surface area contributed by atoms with Crippen molar-refractivity contribution in [1.29, 1.82) is 0 Å². The van der Waals surface area contributed by atoms with E-state index in [1.165, 1.54) is 4.90 Å². The molecule has 1 atom stereocenters. The summed E-state index contributed by atoms with van der Waals surface area (Å²) in [6.07, 6.45) is 2.64. The zero-order chi connectivity index (χ0) is 19.7. The summed E-state index contributed by atoms with van der Waals surface area (Å²) in [7, 11) is 1.59.